The van der Waals surface area contributed by atoms with Crippen molar-refractivity contribution >= 4 is 36.2 Å². The van der Waals surface area contributed by atoms with Crippen molar-refractivity contribution in [2.45, 2.75) is 52.5 Å². The van der Waals surface area contributed by atoms with E-state index in [0.29, 0.717) is 23.4 Å². The molecule has 0 radical (unpaired) electrons. The fraction of sp³-hybridized carbons (Fsp3) is 0.321. The van der Waals surface area contributed by atoms with Gasteiger partial charge in [0, 0.05) is 11.1 Å². The highest BCUT2D eigenvalue weighted by Crippen LogP contribution is 2.44. The Morgan fingerprint density at radius 1 is 1.00 bits per heavy atom. The fourth-order valence-electron chi connectivity index (χ4n) is 3.92. The summed E-state index contributed by atoms with van der Waals surface area (Å²) in [6.07, 6.45) is 1.78. The Labute approximate surface area is 238 Å². The van der Waals surface area contributed by atoms with Gasteiger partial charge < -0.3 is 24.4 Å². The second-order valence-electron chi connectivity index (χ2n) is 9.70. The standard InChI is InChI=1S/C28H34N7O5P/c1-19(2)39-28(36)21(4)34-41(37,18-38-20(3)15-35-17-32-25-26(29)30-16-31-27(25)35)40-33-24(22-11-7-5-8-12-22)23-13-9-6-10-14-23/h5-14,16-17,19-21H,15,18H2,1-4H3,(H,34,37)(H2,29,30,31)/t20-,21+,41?/m1/s1. The Morgan fingerprint density at radius 2 is 1.63 bits per heavy atom. The molecule has 41 heavy (non-hydrogen) atoms. The number of carbonyl (C=O) groups is 1. The van der Waals surface area contributed by atoms with Crippen LogP contribution in [-0.2, 0) is 30.0 Å². The SMILES string of the molecule is CC(C)OC(=O)[C@H](C)NP(=O)(CO[C@H](C)Cn1cnc2c(N)ncnc21)ON=C(c1ccccc1)c1ccccc1. The monoisotopic (exact) mass is 579 g/mol. The largest absolute Gasteiger partial charge is 0.462 e. The van der Waals surface area contributed by atoms with Crippen molar-refractivity contribution in [3.63, 3.8) is 0 Å². The molecule has 2 aromatic carbocycles. The second-order valence-corrected chi connectivity index (χ2v) is 11.7. The molecule has 3 N–H and O–H groups in total. The van der Waals surface area contributed by atoms with Gasteiger partial charge in [-0.1, -0.05) is 65.8 Å². The van der Waals surface area contributed by atoms with Crippen LogP contribution in [0.1, 0.15) is 38.8 Å². The van der Waals surface area contributed by atoms with Crippen molar-refractivity contribution < 1.29 is 23.5 Å². The summed E-state index contributed by atoms with van der Waals surface area (Å²) in [6.45, 7) is 7.16. The van der Waals surface area contributed by atoms with E-state index in [1.54, 1.807) is 38.6 Å². The summed E-state index contributed by atoms with van der Waals surface area (Å²) in [6, 6.07) is 17.8. The van der Waals surface area contributed by atoms with E-state index in [0.717, 1.165) is 11.1 Å². The molecule has 1 unspecified atom stereocenters. The first kappa shape index (κ1) is 29.9. The summed E-state index contributed by atoms with van der Waals surface area (Å²) in [5.41, 5.74) is 8.92. The average Bonchev–Trinajstić information content (AvgIpc) is 3.37. The Hall–Kier alpha value is -4.12. The maximum Gasteiger partial charge on any atom is 0.364 e. The molecule has 0 bridgehead atoms. The number of benzene rings is 2. The Kier molecular flexibility index (Phi) is 9.82. The van der Waals surface area contributed by atoms with Gasteiger partial charge in [-0.15, -0.1) is 0 Å². The van der Waals surface area contributed by atoms with Crippen molar-refractivity contribution in [3.8, 4) is 0 Å². The third kappa shape index (κ3) is 7.97. The van der Waals surface area contributed by atoms with Crippen LogP contribution in [0.15, 0.2) is 78.5 Å². The number of nitrogens with two attached hydrogens (primary N) is 1. The van der Waals surface area contributed by atoms with Crippen LogP contribution in [0, 0.1) is 0 Å². The molecule has 4 rings (SSSR count). The van der Waals surface area contributed by atoms with Crippen molar-refractivity contribution in [1.29, 1.82) is 0 Å². The zero-order valence-electron chi connectivity index (χ0n) is 23.4. The summed E-state index contributed by atoms with van der Waals surface area (Å²) in [5.74, 6) is -0.299. The first-order valence-corrected chi connectivity index (χ1v) is 14.9. The quantitative estimate of drug-likeness (QED) is 0.101. The predicted octanol–water partition coefficient (Wildman–Crippen LogP) is 4.36. The summed E-state index contributed by atoms with van der Waals surface area (Å²) in [7, 11) is -3.90. The average molecular weight is 580 g/mol. The molecule has 0 amide bonds. The van der Waals surface area contributed by atoms with Crippen LogP contribution in [0.4, 0.5) is 5.82 Å². The number of carbonyl (C=O) groups excluding carboxylic acids is 1. The number of imidazole rings is 1. The lowest BCUT2D eigenvalue weighted by Crippen LogP contribution is -2.36. The highest BCUT2D eigenvalue weighted by molar-refractivity contribution is 7.56. The van der Waals surface area contributed by atoms with Gasteiger partial charge in [0.05, 0.1) is 25.1 Å². The van der Waals surface area contributed by atoms with E-state index in [9.17, 15) is 9.36 Å². The first-order chi connectivity index (χ1) is 19.6. The van der Waals surface area contributed by atoms with E-state index >= 15 is 0 Å². The molecule has 0 saturated heterocycles. The van der Waals surface area contributed by atoms with E-state index in [4.69, 9.17) is 19.8 Å². The summed E-state index contributed by atoms with van der Waals surface area (Å²) in [4.78, 5) is 25.0. The number of rotatable bonds is 13. The van der Waals surface area contributed by atoms with E-state index < -0.39 is 25.6 Å². The molecular formula is C28H34N7O5P. The van der Waals surface area contributed by atoms with Crippen molar-refractivity contribution in [2.24, 2.45) is 5.16 Å². The number of ether oxygens (including phenoxy) is 2. The van der Waals surface area contributed by atoms with Crippen LogP contribution in [0.3, 0.4) is 0 Å². The molecule has 0 aliphatic heterocycles. The lowest BCUT2D eigenvalue weighted by atomic mass is 10.0. The van der Waals surface area contributed by atoms with Crippen LogP contribution in [-0.4, -0.2) is 55.8 Å². The number of nitrogen functional groups attached to an aromatic ring is 1. The van der Waals surface area contributed by atoms with Gasteiger partial charge in [0.1, 0.15) is 29.9 Å². The minimum Gasteiger partial charge on any atom is -0.462 e. The van der Waals surface area contributed by atoms with Crippen LogP contribution >= 0.6 is 7.52 Å². The number of esters is 1. The number of oxime groups is 1. The lowest BCUT2D eigenvalue weighted by molar-refractivity contribution is -0.149. The van der Waals surface area contributed by atoms with Crippen LogP contribution in [0.2, 0.25) is 0 Å². The molecular weight excluding hydrogens is 545 g/mol. The van der Waals surface area contributed by atoms with Crippen molar-refractivity contribution in [1.82, 2.24) is 24.6 Å². The van der Waals surface area contributed by atoms with E-state index in [2.05, 4.69) is 25.2 Å². The molecule has 4 aromatic rings. The third-order valence-electron chi connectivity index (χ3n) is 5.87. The van der Waals surface area contributed by atoms with Gasteiger partial charge in [0.2, 0.25) is 0 Å². The van der Waals surface area contributed by atoms with Gasteiger partial charge in [-0.3, -0.25) is 9.36 Å². The van der Waals surface area contributed by atoms with Gasteiger partial charge in [-0.25, -0.2) is 20.0 Å². The lowest BCUT2D eigenvalue weighted by Gasteiger charge is -2.23. The van der Waals surface area contributed by atoms with Gasteiger partial charge >= 0.3 is 13.5 Å². The summed E-state index contributed by atoms with van der Waals surface area (Å²) < 4.78 is 32.9. The van der Waals surface area contributed by atoms with Crippen LogP contribution in [0.25, 0.3) is 11.2 Å². The molecule has 0 fully saturated rings. The molecule has 216 valence electrons. The van der Waals surface area contributed by atoms with Gasteiger partial charge in [0.25, 0.3) is 0 Å². The zero-order valence-corrected chi connectivity index (χ0v) is 24.3. The molecule has 3 atom stereocenters. The minimum absolute atomic E-state index is 0.275. The Morgan fingerprint density at radius 3 is 2.24 bits per heavy atom. The molecule has 0 aliphatic carbocycles. The topological polar surface area (TPSA) is 156 Å². The van der Waals surface area contributed by atoms with Crippen LogP contribution in [0.5, 0.6) is 0 Å². The highest BCUT2D eigenvalue weighted by Gasteiger charge is 2.32. The number of aromatic nitrogens is 4. The van der Waals surface area contributed by atoms with Gasteiger partial charge in [0.15, 0.2) is 11.5 Å². The first-order valence-electron chi connectivity index (χ1n) is 13.1. The third-order valence-corrected chi connectivity index (χ3v) is 7.48. The Balaban J connectivity index is 1.56. The molecule has 2 aromatic heterocycles. The fourth-order valence-corrected chi connectivity index (χ4v) is 5.45. The molecule has 0 saturated carbocycles. The number of hydrogen-bond donors (Lipinski definition) is 2. The maximum atomic E-state index is 14.1. The molecule has 13 heteroatoms. The van der Waals surface area contributed by atoms with E-state index in [-0.39, 0.29) is 18.3 Å². The minimum atomic E-state index is -3.90. The van der Waals surface area contributed by atoms with Gasteiger partial charge in [-0.2, -0.15) is 0 Å². The van der Waals surface area contributed by atoms with Crippen LogP contribution < -0.4 is 10.8 Å². The van der Waals surface area contributed by atoms with E-state index in [1.165, 1.54) is 6.33 Å². The van der Waals surface area contributed by atoms with Crippen molar-refractivity contribution in [2.75, 3.05) is 12.1 Å². The highest BCUT2D eigenvalue weighted by atomic mass is 31.2. The normalized spacial score (nSPS) is 14.3. The smallest absolute Gasteiger partial charge is 0.364 e. The number of nitrogens with one attached hydrogen (secondary N) is 1. The summed E-state index contributed by atoms with van der Waals surface area (Å²) >= 11 is 0. The van der Waals surface area contributed by atoms with E-state index in [1.807, 2.05) is 60.7 Å². The Bertz CT molecular complexity index is 1490. The summed E-state index contributed by atoms with van der Waals surface area (Å²) in [5, 5.41) is 7.11. The number of nitrogens with zero attached hydrogens (tertiary/aromatic N) is 5. The molecule has 0 aliphatic rings. The molecule has 0 spiro atoms. The van der Waals surface area contributed by atoms with Gasteiger partial charge in [-0.05, 0) is 27.7 Å². The maximum absolute atomic E-state index is 14.1. The zero-order chi connectivity index (χ0) is 29.4. The van der Waals surface area contributed by atoms with Crippen molar-refractivity contribution in [3.05, 3.63) is 84.4 Å². The molecule has 2 heterocycles. The second kappa shape index (κ2) is 13.5. The predicted molar refractivity (Wildman–Crippen MR) is 156 cm³/mol. The number of hydrogen-bond acceptors (Lipinski definition) is 10. The molecule has 12 nitrogen and oxygen atoms in total. The number of anilines is 1. The number of fused-ring (bicyclic) bond motifs is 1.